The minimum atomic E-state index is -1.74. The molecule has 6 N–H and O–H groups in total. The van der Waals surface area contributed by atoms with E-state index in [-0.39, 0.29) is 39.7 Å². The molecule has 1 fully saturated rings. The van der Waals surface area contributed by atoms with Gasteiger partial charge in [-0.05, 0) is 71.8 Å². The number of phenols is 4. The van der Waals surface area contributed by atoms with Crippen LogP contribution in [0.15, 0.2) is 112 Å². The molecule has 14 nitrogen and oxygen atoms in total. The molecule has 1 saturated heterocycles. The van der Waals surface area contributed by atoms with Crippen molar-refractivity contribution in [2.75, 3.05) is 6.61 Å². The summed E-state index contributed by atoms with van der Waals surface area (Å²) in [5, 5.41) is 61.1. The van der Waals surface area contributed by atoms with Gasteiger partial charge in [-0.25, -0.2) is 9.59 Å². The van der Waals surface area contributed by atoms with Crippen LogP contribution in [-0.4, -0.2) is 79.9 Å². The minimum absolute atomic E-state index is 0.0315. The van der Waals surface area contributed by atoms with Gasteiger partial charge in [0.25, 0.3) is 0 Å². The van der Waals surface area contributed by atoms with Crippen LogP contribution in [0.25, 0.3) is 34.4 Å². The molecule has 0 radical (unpaired) electrons. The normalized spacial score (nSPS) is 20.1. The minimum Gasteiger partial charge on any atom is -0.508 e. The molecule has 1 aliphatic rings. The van der Waals surface area contributed by atoms with Gasteiger partial charge in [-0.1, -0.05) is 24.3 Å². The Balaban J connectivity index is 1.19. The van der Waals surface area contributed by atoms with Gasteiger partial charge in [0.2, 0.25) is 6.29 Å². The number of aliphatic hydroxyl groups is 2. The number of phenolic OH excluding ortho intramolecular Hbond substituents is 4. The Morgan fingerprint density at radius 1 is 0.717 bits per heavy atom. The fourth-order valence-electron chi connectivity index (χ4n) is 5.39. The zero-order valence-electron chi connectivity index (χ0n) is 27.5. The highest BCUT2D eigenvalue weighted by Gasteiger charge is 2.48. The molecule has 4 aromatic carbocycles. The van der Waals surface area contributed by atoms with E-state index in [9.17, 15) is 45.0 Å². The van der Waals surface area contributed by atoms with Crippen molar-refractivity contribution in [1.29, 1.82) is 0 Å². The van der Waals surface area contributed by atoms with Gasteiger partial charge < -0.3 is 54.0 Å². The number of ether oxygens (including phenoxy) is 4. The SMILES string of the molecule is O=C(C=Cc1ccc(O)cc1)OCC1OC(Oc2ccc(-c3cc(=O)c4c(O)cc(O)cc4o3)cc2)C(O)C(OC(=O)C=Cc2ccc(O)cc2)C1O. The molecule has 0 aliphatic carbocycles. The summed E-state index contributed by atoms with van der Waals surface area (Å²) in [4.78, 5) is 38.0. The van der Waals surface area contributed by atoms with Crippen molar-refractivity contribution in [3.8, 4) is 40.1 Å². The van der Waals surface area contributed by atoms with E-state index in [1.54, 1.807) is 24.3 Å². The molecule has 5 aromatic rings. The molecule has 0 bridgehead atoms. The van der Waals surface area contributed by atoms with Crippen molar-refractivity contribution >= 4 is 35.1 Å². The zero-order chi connectivity index (χ0) is 37.6. The van der Waals surface area contributed by atoms with E-state index >= 15 is 0 Å². The maximum Gasteiger partial charge on any atom is 0.331 e. The quantitative estimate of drug-likeness (QED) is 0.0886. The molecule has 1 aliphatic heterocycles. The fourth-order valence-corrected chi connectivity index (χ4v) is 5.39. The predicted molar refractivity (Wildman–Crippen MR) is 188 cm³/mol. The van der Waals surface area contributed by atoms with Gasteiger partial charge in [0.15, 0.2) is 17.6 Å². The molecule has 53 heavy (non-hydrogen) atoms. The maximum atomic E-state index is 12.8. The highest BCUT2D eigenvalue weighted by Crippen LogP contribution is 2.32. The van der Waals surface area contributed by atoms with E-state index in [0.29, 0.717) is 16.7 Å². The Morgan fingerprint density at radius 3 is 1.94 bits per heavy atom. The zero-order valence-corrected chi connectivity index (χ0v) is 27.5. The van der Waals surface area contributed by atoms with Crippen molar-refractivity contribution in [3.63, 3.8) is 0 Å². The molecular formula is C39H32O14. The Bertz CT molecular complexity index is 2210. The first-order valence-corrected chi connectivity index (χ1v) is 16.0. The molecule has 14 heteroatoms. The monoisotopic (exact) mass is 724 g/mol. The standard InChI is InChI=1S/C39H32O14/c40-24-9-1-21(2-10-24)5-15-33(45)49-20-32-36(47)38(53-34(46)16-6-22-3-11-25(41)12-4-22)37(48)39(52-32)50-27-13-7-23(8-14-27)30-19-29(44)35-28(43)17-26(42)18-31(35)51-30/h1-19,32,36-43,47-48H,20H2. The van der Waals surface area contributed by atoms with Crippen molar-refractivity contribution in [2.24, 2.45) is 0 Å². The third-order valence-electron chi connectivity index (χ3n) is 8.08. The van der Waals surface area contributed by atoms with Crippen LogP contribution < -0.4 is 10.2 Å². The first kappa shape index (κ1) is 36.2. The summed E-state index contributed by atoms with van der Waals surface area (Å²) >= 11 is 0. The van der Waals surface area contributed by atoms with Gasteiger partial charge >= 0.3 is 11.9 Å². The lowest BCUT2D eigenvalue weighted by atomic mass is 9.99. The largest absolute Gasteiger partial charge is 0.508 e. The molecular weight excluding hydrogens is 692 g/mol. The van der Waals surface area contributed by atoms with E-state index in [1.807, 2.05) is 0 Å². The number of aromatic hydroxyl groups is 4. The number of hydrogen-bond donors (Lipinski definition) is 6. The number of carbonyl (C=O) groups is 2. The van der Waals surface area contributed by atoms with Gasteiger partial charge in [-0.3, -0.25) is 4.79 Å². The van der Waals surface area contributed by atoms with Crippen molar-refractivity contribution in [2.45, 2.75) is 30.7 Å². The number of fused-ring (bicyclic) bond motifs is 1. The number of carbonyl (C=O) groups excluding carboxylic acids is 2. The number of esters is 2. The third-order valence-corrected chi connectivity index (χ3v) is 8.08. The lowest BCUT2D eigenvalue weighted by Crippen LogP contribution is -2.61. The highest BCUT2D eigenvalue weighted by atomic mass is 16.7. The van der Waals surface area contributed by atoms with Crippen LogP contribution >= 0.6 is 0 Å². The summed E-state index contributed by atoms with van der Waals surface area (Å²) in [5.41, 5.74) is 0.991. The van der Waals surface area contributed by atoms with Crippen LogP contribution in [0, 0.1) is 0 Å². The second-order valence-corrected chi connectivity index (χ2v) is 11.9. The molecule has 6 rings (SSSR count). The van der Waals surface area contributed by atoms with Gasteiger partial charge in [-0.15, -0.1) is 0 Å². The lowest BCUT2D eigenvalue weighted by molar-refractivity contribution is -0.281. The fraction of sp³-hybridized carbons (Fsp3) is 0.154. The molecule has 1 aromatic heterocycles. The average molecular weight is 725 g/mol. The topological polar surface area (TPSA) is 223 Å². The molecule has 0 spiro atoms. The second-order valence-electron chi connectivity index (χ2n) is 11.9. The number of hydrogen-bond acceptors (Lipinski definition) is 14. The van der Waals surface area contributed by atoms with E-state index in [4.69, 9.17) is 23.4 Å². The summed E-state index contributed by atoms with van der Waals surface area (Å²) in [6.45, 7) is -0.533. The number of benzene rings is 4. The van der Waals surface area contributed by atoms with E-state index in [0.717, 1.165) is 18.2 Å². The second kappa shape index (κ2) is 15.7. The van der Waals surface area contributed by atoms with E-state index < -0.39 is 60.4 Å². The summed E-state index contributed by atoms with van der Waals surface area (Å²) in [6.07, 6.45) is -2.89. The Kier molecular flexibility index (Phi) is 10.7. The summed E-state index contributed by atoms with van der Waals surface area (Å²) in [7, 11) is 0. The van der Waals surface area contributed by atoms with E-state index in [1.165, 1.54) is 72.8 Å². The number of rotatable bonds is 10. The first-order chi connectivity index (χ1) is 25.4. The Hall–Kier alpha value is -6.61. The Labute approximate surface area is 300 Å². The van der Waals surface area contributed by atoms with Crippen LogP contribution in [0.4, 0.5) is 0 Å². The first-order valence-electron chi connectivity index (χ1n) is 16.0. The van der Waals surface area contributed by atoms with Crippen LogP contribution in [0.3, 0.4) is 0 Å². The van der Waals surface area contributed by atoms with E-state index in [2.05, 4.69) is 0 Å². The maximum absolute atomic E-state index is 12.8. The van der Waals surface area contributed by atoms with Crippen LogP contribution in [0.5, 0.6) is 28.7 Å². The molecule has 2 heterocycles. The molecule has 0 saturated carbocycles. The van der Waals surface area contributed by atoms with Crippen LogP contribution in [0.1, 0.15) is 11.1 Å². The molecule has 5 atom stereocenters. The van der Waals surface area contributed by atoms with Crippen LogP contribution in [-0.2, 0) is 23.8 Å². The van der Waals surface area contributed by atoms with Gasteiger partial charge in [0.05, 0.1) is 0 Å². The average Bonchev–Trinajstić information content (AvgIpc) is 3.13. The smallest absolute Gasteiger partial charge is 0.331 e. The van der Waals surface area contributed by atoms with Crippen LogP contribution in [0.2, 0.25) is 0 Å². The number of aliphatic hydroxyl groups excluding tert-OH is 2. The van der Waals surface area contributed by atoms with Gasteiger partial charge in [-0.2, -0.15) is 0 Å². The summed E-state index contributed by atoms with van der Waals surface area (Å²) in [5.74, 6) is -2.13. The predicted octanol–water partition coefficient (Wildman–Crippen LogP) is 3.99. The lowest BCUT2D eigenvalue weighted by Gasteiger charge is -2.41. The third kappa shape index (κ3) is 8.83. The van der Waals surface area contributed by atoms with Crippen molar-refractivity contribution < 1.29 is 63.6 Å². The van der Waals surface area contributed by atoms with Gasteiger partial charge in [0, 0.05) is 35.9 Å². The molecule has 272 valence electrons. The Morgan fingerprint density at radius 2 is 1.32 bits per heavy atom. The van der Waals surface area contributed by atoms with Crippen molar-refractivity contribution in [3.05, 3.63) is 124 Å². The van der Waals surface area contributed by atoms with Crippen molar-refractivity contribution in [1.82, 2.24) is 0 Å². The summed E-state index contributed by atoms with van der Waals surface area (Å²) in [6, 6.07) is 21.4. The molecule has 5 unspecified atom stereocenters. The summed E-state index contributed by atoms with van der Waals surface area (Å²) < 4.78 is 28.1. The van der Waals surface area contributed by atoms with Gasteiger partial charge in [0.1, 0.15) is 64.3 Å². The molecule has 0 amide bonds. The highest BCUT2D eigenvalue weighted by molar-refractivity contribution is 5.88.